The number of benzene rings is 1. The van der Waals surface area contributed by atoms with Gasteiger partial charge in [-0.25, -0.2) is 19.9 Å². The standard InChI is InChI=1S/C21H13N7S/c1-2-17-16(7-12(1)14-8-22-11-23-9-14)19(28-27-17)21-25-18-15(13-4-6-29-10-13)3-5-24-20(18)26-21/h1-11H,(H,27,28)(H,24,25,26). The lowest BCUT2D eigenvalue weighted by atomic mass is 10.1. The highest BCUT2D eigenvalue weighted by Crippen LogP contribution is 2.32. The van der Waals surface area contributed by atoms with Gasteiger partial charge in [-0.3, -0.25) is 5.10 Å². The highest BCUT2D eigenvalue weighted by Gasteiger charge is 2.16. The summed E-state index contributed by atoms with van der Waals surface area (Å²) >= 11 is 1.67. The number of nitrogens with zero attached hydrogens (tertiary/aromatic N) is 5. The highest BCUT2D eigenvalue weighted by atomic mass is 32.1. The molecule has 0 saturated heterocycles. The first-order valence-electron chi connectivity index (χ1n) is 8.98. The first kappa shape index (κ1) is 16.1. The minimum absolute atomic E-state index is 0.674. The monoisotopic (exact) mass is 395 g/mol. The van der Waals surface area contributed by atoms with Crippen LogP contribution in [0, 0.1) is 0 Å². The van der Waals surface area contributed by atoms with Crippen LogP contribution in [0.2, 0.25) is 0 Å². The van der Waals surface area contributed by atoms with Gasteiger partial charge in [0, 0.05) is 35.1 Å². The van der Waals surface area contributed by atoms with Gasteiger partial charge in [0.25, 0.3) is 0 Å². The van der Waals surface area contributed by atoms with Crippen molar-refractivity contribution in [1.82, 2.24) is 35.1 Å². The number of nitrogens with one attached hydrogen (secondary N) is 2. The van der Waals surface area contributed by atoms with Gasteiger partial charge in [0.1, 0.15) is 12.0 Å². The van der Waals surface area contributed by atoms with E-state index in [0.717, 1.165) is 44.4 Å². The number of H-pyrrole nitrogens is 2. The quantitative estimate of drug-likeness (QED) is 0.453. The van der Waals surface area contributed by atoms with Crippen molar-refractivity contribution in [2.75, 3.05) is 0 Å². The van der Waals surface area contributed by atoms with Crippen molar-refractivity contribution in [2.24, 2.45) is 0 Å². The summed E-state index contributed by atoms with van der Waals surface area (Å²) in [6.45, 7) is 0. The van der Waals surface area contributed by atoms with Gasteiger partial charge < -0.3 is 4.98 Å². The second-order valence-electron chi connectivity index (χ2n) is 6.61. The molecule has 0 amide bonds. The number of fused-ring (bicyclic) bond motifs is 2. The van der Waals surface area contributed by atoms with E-state index < -0.39 is 0 Å². The van der Waals surface area contributed by atoms with Crippen LogP contribution in [0.4, 0.5) is 0 Å². The van der Waals surface area contributed by atoms with E-state index in [1.54, 1.807) is 29.9 Å². The van der Waals surface area contributed by atoms with E-state index in [0.29, 0.717) is 11.5 Å². The van der Waals surface area contributed by atoms with Crippen molar-refractivity contribution >= 4 is 33.4 Å². The average Bonchev–Trinajstić information content (AvgIpc) is 3.52. The van der Waals surface area contributed by atoms with E-state index in [-0.39, 0.29) is 0 Å². The predicted octanol–water partition coefficient (Wildman–Crippen LogP) is 4.69. The zero-order valence-corrected chi connectivity index (χ0v) is 15.8. The molecule has 0 aliphatic carbocycles. The number of pyridine rings is 1. The largest absolute Gasteiger partial charge is 0.335 e. The number of aromatic nitrogens is 7. The van der Waals surface area contributed by atoms with Crippen LogP contribution in [0.3, 0.4) is 0 Å². The molecule has 2 N–H and O–H groups in total. The molecule has 0 aliphatic heterocycles. The van der Waals surface area contributed by atoms with Crippen molar-refractivity contribution in [3.8, 4) is 33.8 Å². The van der Waals surface area contributed by atoms with Gasteiger partial charge >= 0.3 is 0 Å². The third-order valence-electron chi connectivity index (χ3n) is 4.91. The molecule has 0 fully saturated rings. The third kappa shape index (κ3) is 2.61. The Morgan fingerprint density at radius 3 is 2.72 bits per heavy atom. The Balaban J connectivity index is 1.53. The molecule has 6 aromatic rings. The van der Waals surface area contributed by atoms with E-state index in [1.165, 1.54) is 6.33 Å². The molecule has 7 nitrogen and oxygen atoms in total. The summed E-state index contributed by atoms with van der Waals surface area (Å²) in [4.78, 5) is 20.8. The zero-order valence-electron chi connectivity index (χ0n) is 15.0. The van der Waals surface area contributed by atoms with Gasteiger partial charge in [-0.1, -0.05) is 6.07 Å². The summed E-state index contributed by atoms with van der Waals surface area (Å²) in [5, 5.41) is 12.8. The molecule has 138 valence electrons. The van der Waals surface area contributed by atoms with Crippen LogP contribution >= 0.6 is 11.3 Å². The molecule has 1 aromatic carbocycles. The number of imidazole rings is 1. The molecule has 0 aliphatic rings. The van der Waals surface area contributed by atoms with Gasteiger partial charge in [0.05, 0.1) is 11.0 Å². The molecule has 0 atom stereocenters. The first-order valence-corrected chi connectivity index (χ1v) is 9.92. The van der Waals surface area contributed by atoms with Gasteiger partial charge in [-0.15, -0.1) is 0 Å². The molecule has 0 bridgehead atoms. The first-order chi connectivity index (χ1) is 14.4. The van der Waals surface area contributed by atoms with Crippen molar-refractivity contribution < 1.29 is 0 Å². The smallest absolute Gasteiger partial charge is 0.178 e. The maximum absolute atomic E-state index is 4.71. The predicted molar refractivity (Wildman–Crippen MR) is 113 cm³/mol. The minimum Gasteiger partial charge on any atom is -0.335 e. The van der Waals surface area contributed by atoms with Crippen LogP contribution in [0.15, 0.2) is 66.0 Å². The molecule has 5 aromatic heterocycles. The second-order valence-corrected chi connectivity index (χ2v) is 7.39. The van der Waals surface area contributed by atoms with E-state index in [4.69, 9.17) is 4.98 Å². The van der Waals surface area contributed by atoms with Crippen LogP contribution in [0.25, 0.3) is 55.8 Å². The lowest BCUT2D eigenvalue weighted by Gasteiger charge is -2.01. The lowest BCUT2D eigenvalue weighted by molar-refractivity contribution is 1.10. The topological polar surface area (TPSA) is 96.0 Å². The van der Waals surface area contributed by atoms with Crippen LogP contribution in [-0.2, 0) is 0 Å². The molecule has 0 spiro atoms. The maximum Gasteiger partial charge on any atom is 0.178 e. The fraction of sp³-hybridized carbons (Fsp3) is 0. The summed E-state index contributed by atoms with van der Waals surface area (Å²) in [7, 11) is 0. The van der Waals surface area contributed by atoms with E-state index in [9.17, 15) is 0 Å². The van der Waals surface area contributed by atoms with E-state index in [2.05, 4.69) is 53.0 Å². The minimum atomic E-state index is 0.674. The summed E-state index contributed by atoms with van der Waals surface area (Å²) in [6.07, 6.45) is 6.91. The zero-order chi connectivity index (χ0) is 19.2. The summed E-state index contributed by atoms with van der Waals surface area (Å²) in [5.74, 6) is 0.683. The van der Waals surface area contributed by atoms with Gasteiger partial charge in [0.2, 0.25) is 0 Å². The summed E-state index contributed by atoms with van der Waals surface area (Å²) < 4.78 is 0. The van der Waals surface area contributed by atoms with Crippen molar-refractivity contribution in [2.45, 2.75) is 0 Å². The number of hydrogen-bond acceptors (Lipinski definition) is 6. The Morgan fingerprint density at radius 1 is 0.931 bits per heavy atom. The number of aromatic amines is 2. The van der Waals surface area contributed by atoms with Crippen molar-refractivity contribution in [3.63, 3.8) is 0 Å². The normalized spacial score (nSPS) is 11.4. The molecular weight excluding hydrogens is 382 g/mol. The molecule has 0 saturated carbocycles. The Morgan fingerprint density at radius 2 is 1.86 bits per heavy atom. The molecule has 29 heavy (non-hydrogen) atoms. The fourth-order valence-corrected chi connectivity index (χ4v) is 4.16. The maximum atomic E-state index is 4.71. The number of hydrogen-bond donors (Lipinski definition) is 2. The van der Waals surface area contributed by atoms with E-state index >= 15 is 0 Å². The Kier molecular flexibility index (Phi) is 3.50. The molecule has 6 rings (SSSR count). The van der Waals surface area contributed by atoms with E-state index in [1.807, 2.05) is 18.2 Å². The number of rotatable bonds is 3. The van der Waals surface area contributed by atoms with Crippen LogP contribution < -0.4 is 0 Å². The lowest BCUT2D eigenvalue weighted by Crippen LogP contribution is -1.84. The average molecular weight is 395 g/mol. The summed E-state index contributed by atoms with van der Waals surface area (Å²) in [5.41, 5.74) is 7.48. The van der Waals surface area contributed by atoms with Crippen LogP contribution in [-0.4, -0.2) is 35.1 Å². The van der Waals surface area contributed by atoms with Crippen LogP contribution in [0.5, 0.6) is 0 Å². The van der Waals surface area contributed by atoms with Crippen LogP contribution in [0.1, 0.15) is 0 Å². The van der Waals surface area contributed by atoms with Crippen molar-refractivity contribution in [3.05, 3.63) is 66.0 Å². The van der Waals surface area contributed by atoms with Gasteiger partial charge in [-0.05, 0) is 46.2 Å². The Labute approximate surface area is 168 Å². The second kappa shape index (κ2) is 6.32. The SMILES string of the molecule is c1ncc(-c2ccc3[nH]nc(-c4nc5nccc(-c6ccsc6)c5[nH]4)c3c2)cn1. The Hall–Kier alpha value is -3.91. The molecular formula is C21H13N7S. The molecule has 5 heterocycles. The third-order valence-corrected chi connectivity index (χ3v) is 5.59. The number of thiophene rings is 1. The van der Waals surface area contributed by atoms with Crippen molar-refractivity contribution in [1.29, 1.82) is 0 Å². The van der Waals surface area contributed by atoms with Gasteiger partial charge in [-0.2, -0.15) is 16.4 Å². The molecule has 0 unspecified atom stereocenters. The molecule has 0 radical (unpaired) electrons. The summed E-state index contributed by atoms with van der Waals surface area (Å²) in [6, 6.07) is 10.2. The fourth-order valence-electron chi connectivity index (χ4n) is 3.50. The van der Waals surface area contributed by atoms with Gasteiger partial charge in [0.15, 0.2) is 11.5 Å². The molecule has 8 heteroatoms. The Bertz CT molecular complexity index is 1450. The highest BCUT2D eigenvalue weighted by molar-refractivity contribution is 7.08.